The number of aryl methyl sites for hydroxylation is 1. The van der Waals surface area contributed by atoms with Gasteiger partial charge in [0.05, 0.1) is 5.69 Å². The molecule has 15 heavy (non-hydrogen) atoms. The summed E-state index contributed by atoms with van der Waals surface area (Å²) in [5.41, 5.74) is 1.76. The monoisotopic (exact) mass is 264 g/mol. The Bertz CT molecular complexity index is 548. The van der Waals surface area contributed by atoms with Crippen LogP contribution in [0.5, 0.6) is 0 Å². The number of hydrogen-bond donors (Lipinski definition) is 0. The van der Waals surface area contributed by atoms with Gasteiger partial charge in [-0.2, -0.15) is 0 Å². The summed E-state index contributed by atoms with van der Waals surface area (Å²) in [6, 6.07) is 9.00. The molecular weight excluding hydrogens is 256 g/mol. The van der Waals surface area contributed by atoms with E-state index < -0.39 is 0 Å². The van der Waals surface area contributed by atoms with Crippen molar-refractivity contribution in [1.82, 2.24) is 9.55 Å². The van der Waals surface area contributed by atoms with Crippen LogP contribution < -0.4 is 5.56 Å². The number of pyridine rings is 2. The molecule has 0 aliphatic rings. The maximum absolute atomic E-state index is 11.2. The molecule has 2 aromatic heterocycles. The number of nitrogens with zero attached hydrogens (tertiary/aromatic N) is 2. The molecule has 3 nitrogen and oxygen atoms in total. The van der Waals surface area contributed by atoms with Crippen LogP contribution in [0.4, 0.5) is 0 Å². The number of rotatable bonds is 1. The molecule has 76 valence electrons. The lowest BCUT2D eigenvalue weighted by Crippen LogP contribution is -2.14. The normalized spacial score (nSPS) is 10.3. The average Bonchev–Trinajstić information content (AvgIpc) is 2.22. The molecule has 0 saturated carbocycles. The van der Waals surface area contributed by atoms with Crippen LogP contribution in [0.1, 0.15) is 0 Å². The van der Waals surface area contributed by atoms with E-state index in [4.69, 9.17) is 0 Å². The third-order valence-electron chi connectivity index (χ3n) is 2.10. The predicted molar refractivity (Wildman–Crippen MR) is 62.6 cm³/mol. The Morgan fingerprint density at radius 3 is 2.73 bits per heavy atom. The van der Waals surface area contributed by atoms with Crippen LogP contribution in [0.2, 0.25) is 0 Å². The minimum Gasteiger partial charge on any atom is -0.318 e. The summed E-state index contributed by atoms with van der Waals surface area (Å²) in [5, 5.41) is 0. The molecule has 0 N–H and O–H groups in total. The molecule has 0 fully saturated rings. The largest absolute Gasteiger partial charge is 0.318 e. The molecule has 0 radical (unpaired) electrons. The van der Waals surface area contributed by atoms with E-state index in [1.54, 1.807) is 19.3 Å². The van der Waals surface area contributed by atoms with Gasteiger partial charge in [-0.15, -0.1) is 0 Å². The van der Waals surface area contributed by atoms with Crippen molar-refractivity contribution in [2.45, 2.75) is 0 Å². The second-order valence-corrected chi connectivity index (χ2v) is 4.02. The van der Waals surface area contributed by atoms with Gasteiger partial charge in [0.1, 0.15) is 4.60 Å². The fourth-order valence-electron chi connectivity index (χ4n) is 1.31. The van der Waals surface area contributed by atoms with Crippen LogP contribution in [-0.2, 0) is 7.05 Å². The van der Waals surface area contributed by atoms with Crippen LogP contribution in [0.15, 0.2) is 45.9 Å². The Kier molecular flexibility index (Phi) is 2.68. The van der Waals surface area contributed by atoms with Gasteiger partial charge < -0.3 is 4.57 Å². The van der Waals surface area contributed by atoms with Crippen LogP contribution in [0.25, 0.3) is 11.3 Å². The zero-order valence-corrected chi connectivity index (χ0v) is 9.73. The van der Waals surface area contributed by atoms with E-state index in [1.807, 2.05) is 18.2 Å². The molecule has 2 heterocycles. The molecule has 2 aromatic rings. The van der Waals surface area contributed by atoms with Crippen molar-refractivity contribution >= 4 is 15.9 Å². The summed E-state index contributed by atoms with van der Waals surface area (Å²) >= 11 is 3.31. The topological polar surface area (TPSA) is 34.9 Å². The molecule has 0 unspecified atom stereocenters. The van der Waals surface area contributed by atoms with Gasteiger partial charge in [0.15, 0.2) is 0 Å². The molecule has 0 aromatic carbocycles. The van der Waals surface area contributed by atoms with Crippen molar-refractivity contribution in [2.75, 3.05) is 0 Å². The Labute approximate surface area is 95.5 Å². The highest BCUT2D eigenvalue weighted by Crippen LogP contribution is 2.17. The first-order valence-electron chi connectivity index (χ1n) is 4.46. The highest BCUT2D eigenvalue weighted by molar-refractivity contribution is 9.10. The third kappa shape index (κ3) is 2.15. The van der Waals surface area contributed by atoms with E-state index in [9.17, 15) is 4.79 Å². The predicted octanol–water partition coefficient (Wildman–Crippen LogP) is 2.21. The van der Waals surface area contributed by atoms with Gasteiger partial charge in [-0.25, -0.2) is 4.98 Å². The van der Waals surface area contributed by atoms with Gasteiger partial charge in [-0.1, -0.05) is 6.07 Å². The Morgan fingerprint density at radius 1 is 1.27 bits per heavy atom. The molecule has 0 amide bonds. The molecular formula is C11H9BrN2O. The van der Waals surface area contributed by atoms with Gasteiger partial charge in [-0.05, 0) is 34.1 Å². The standard InChI is InChI=1S/C11H9BrN2O/c1-14-7-8(5-6-11(14)15)9-3-2-4-10(12)13-9/h2-7H,1H3. The minimum atomic E-state index is -0.0197. The van der Waals surface area contributed by atoms with E-state index in [1.165, 1.54) is 10.6 Å². The maximum atomic E-state index is 11.2. The second-order valence-electron chi connectivity index (χ2n) is 3.21. The maximum Gasteiger partial charge on any atom is 0.250 e. The van der Waals surface area contributed by atoms with E-state index >= 15 is 0 Å². The van der Waals surface area contributed by atoms with Crippen molar-refractivity contribution in [3.8, 4) is 11.3 Å². The Morgan fingerprint density at radius 2 is 2.07 bits per heavy atom. The minimum absolute atomic E-state index is 0.0197. The van der Waals surface area contributed by atoms with Gasteiger partial charge in [0.25, 0.3) is 0 Å². The summed E-state index contributed by atoms with van der Waals surface area (Å²) < 4.78 is 2.33. The third-order valence-corrected chi connectivity index (χ3v) is 2.54. The Balaban J connectivity index is 2.55. The molecule has 0 aliphatic heterocycles. The zero-order valence-electron chi connectivity index (χ0n) is 8.14. The molecule has 2 rings (SSSR count). The summed E-state index contributed by atoms with van der Waals surface area (Å²) in [5.74, 6) is 0. The van der Waals surface area contributed by atoms with E-state index in [0.29, 0.717) is 0 Å². The zero-order chi connectivity index (χ0) is 10.8. The smallest absolute Gasteiger partial charge is 0.250 e. The van der Waals surface area contributed by atoms with Gasteiger partial charge in [0, 0.05) is 24.9 Å². The first kappa shape index (κ1) is 10.1. The quantitative estimate of drug-likeness (QED) is 0.741. The lowest BCUT2D eigenvalue weighted by atomic mass is 10.2. The fraction of sp³-hybridized carbons (Fsp3) is 0.0909. The fourth-order valence-corrected chi connectivity index (χ4v) is 1.66. The summed E-state index contributed by atoms with van der Waals surface area (Å²) in [6.45, 7) is 0. The average molecular weight is 265 g/mol. The van der Waals surface area contributed by atoms with E-state index in [-0.39, 0.29) is 5.56 Å². The summed E-state index contributed by atoms with van der Waals surface area (Å²) in [6.07, 6.45) is 1.77. The number of halogens is 1. The molecule has 0 saturated heterocycles. The van der Waals surface area contributed by atoms with Crippen molar-refractivity contribution in [3.63, 3.8) is 0 Å². The molecule has 4 heteroatoms. The highest BCUT2D eigenvalue weighted by Gasteiger charge is 2.00. The van der Waals surface area contributed by atoms with Crippen molar-refractivity contribution < 1.29 is 0 Å². The lowest BCUT2D eigenvalue weighted by molar-refractivity contribution is 0.861. The number of hydrogen-bond acceptors (Lipinski definition) is 2. The van der Waals surface area contributed by atoms with Crippen LogP contribution in [-0.4, -0.2) is 9.55 Å². The van der Waals surface area contributed by atoms with Gasteiger partial charge in [-0.3, -0.25) is 4.79 Å². The van der Waals surface area contributed by atoms with Crippen molar-refractivity contribution in [1.29, 1.82) is 0 Å². The molecule has 0 bridgehead atoms. The van der Waals surface area contributed by atoms with E-state index in [2.05, 4.69) is 20.9 Å². The first-order valence-corrected chi connectivity index (χ1v) is 5.26. The van der Waals surface area contributed by atoms with Crippen LogP contribution in [0, 0.1) is 0 Å². The van der Waals surface area contributed by atoms with Gasteiger partial charge >= 0.3 is 0 Å². The SMILES string of the molecule is Cn1cc(-c2cccc(Br)n2)ccc1=O. The molecule has 0 atom stereocenters. The second kappa shape index (κ2) is 3.98. The van der Waals surface area contributed by atoms with Crippen LogP contribution >= 0.6 is 15.9 Å². The van der Waals surface area contributed by atoms with Crippen LogP contribution in [0.3, 0.4) is 0 Å². The summed E-state index contributed by atoms with van der Waals surface area (Å²) in [7, 11) is 1.73. The lowest BCUT2D eigenvalue weighted by Gasteiger charge is -2.03. The molecule has 0 aliphatic carbocycles. The highest BCUT2D eigenvalue weighted by atomic mass is 79.9. The molecule has 0 spiro atoms. The van der Waals surface area contributed by atoms with Gasteiger partial charge in [0.2, 0.25) is 5.56 Å². The number of aromatic nitrogens is 2. The van der Waals surface area contributed by atoms with E-state index in [0.717, 1.165) is 15.9 Å². The van der Waals surface area contributed by atoms with Crippen molar-refractivity contribution in [2.24, 2.45) is 7.05 Å². The van der Waals surface area contributed by atoms with Crippen molar-refractivity contribution in [3.05, 3.63) is 51.5 Å². The Hall–Kier alpha value is -1.42. The first-order chi connectivity index (χ1) is 7.16. The summed E-state index contributed by atoms with van der Waals surface area (Å²) in [4.78, 5) is 15.5.